The minimum atomic E-state index is -3.86. The summed E-state index contributed by atoms with van der Waals surface area (Å²) >= 11 is 0. The number of carbonyl (C=O) groups is 1. The first-order chi connectivity index (χ1) is 15.3. The number of benzene rings is 3. The number of hydrogen-bond donors (Lipinski definition) is 1. The van der Waals surface area contributed by atoms with Gasteiger partial charge in [-0.25, -0.2) is 8.42 Å². The summed E-state index contributed by atoms with van der Waals surface area (Å²) in [6, 6.07) is 22.0. The molecule has 5 nitrogen and oxygen atoms in total. The molecule has 6 heteroatoms. The molecular formula is C26H30N2O3S. The Morgan fingerprint density at radius 2 is 1.44 bits per heavy atom. The molecule has 3 rings (SSSR count). The Bertz CT molecular complexity index is 1140. The van der Waals surface area contributed by atoms with E-state index in [0.717, 1.165) is 40.8 Å². The van der Waals surface area contributed by atoms with Crippen LogP contribution in [0.25, 0.3) is 0 Å². The van der Waals surface area contributed by atoms with E-state index in [1.54, 1.807) is 24.3 Å². The van der Waals surface area contributed by atoms with E-state index in [1.165, 1.54) is 4.31 Å². The molecule has 0 fully saturated rings. The first-order valence-corrected chi connectivity index (χ1v) is 12.3. The second-order valence-electron chi connectivity index (χ2n) is 7.78. The average molecular weight is 451 g/mol. The molecule has 0 radical (unpaired) electrons. The summed E-state index contributed by atoms with van der Waals surface area (Å²) in [5, 5.41) is 2.98. The molecule has 0 aliphatic heterocycles. The molecule has 0 bridgehead atoms. The number of amides is 1. The summed E-state index contributed by atoms with van der Waals surface area (Å²) < 4.78 is 28.1. The van der Waals surface area contributed by atoms with Crippen LogP contribution in [-0.4, -0.2) is 25.2 Å². The van der Waals surface area contributed by atoms with Crippen LogP contribution in [0.2, 0.25) is 0 Å². The smallest absolute Gasteiger partial charge is 0.243 e. The lowest BCUT2D eigenvalue weighted by Gasteiger charge is -2.23. The van der Waals surface area contributed by atoms with Crippen molar-refractivity contribution in [1.29, 1.82) is 0 Å². The predicted molar refractivity (Wildman–Crippen MR) is 129 cm³/mol. The van der Waals surface area contributed by atoms with Gasteiger partial charge >= 0.3 is 0 Å². The number of nitrogens with zero attached hydrogens (tertiary/aromatic N) is 1. The van der Waals surface area contributed by atoms with Crippen molar-refractivity contribution < 1.29 is 13.2 Å². The van der Waals surface area contributed by atoms with E-state index < -0.39 is 10.0 Å². The van der Waals surface area contributed by atoms with Crippen molar-refractivity contribution in [3.8, 4) is 0 Å². The number of rotatable bonds is 9. The van der Waals surface area contributed by atoms with Crippen molar-refractivity contribution in [3.63, 3.8) is 0 Å². The molecule has 0 spiro atoms. The van der Waals surface area contributed by atoms with Gasteiger partial charge in [0.15, 0.2) is 0 Å². The van der Waals surface area contributed by atoms with Crippen LogP contribution in [0.15, 0.2) is 77.7 Å². The van der Waals surface area contributed by atoms with E-state index in [-0.39, 0.29) is 23.9 Å². The zero-order chi connectivity index (χ0) is 23.1. The largest absolute Gasteiger partial charge is 0.324 e. The number of aryl methyl sites for hydroxylation is 3. The van der Waals surface area contributed by atoms with Crippen LogP contribution in [0.3, 0.4) is 0 Å². The molecule has 0 aliphatic carbocycles. The van der Waals surface area contributed by atoms with Crippen molar-refractivity contribution in [1.82, 2.24) is 4.31 Å². The normalized spacial score (nSPS) is 11.5. The van der Waals surface area contributed by atoms with Crippen LogP contribution in [0, 0.1) is 6.92 Å². The minimum Gasteiger partial charge on any atom is -0.324 e. The van der Waals surface area contributed by atoms with Gasteiger partial charge in [-0.3, -0.25) is 4.79 Å². The van der Waals surface area contributed by atoms with Crippen LogP contribution < -0.4 is 5.32 Å². The van der Waals surface area contributed by atoms with Gasteiger partial charge in [0.1, 0.15) is 0 Å². The summed E-state index contributed by atoms with van der Waals surface area (Å²) in [6.07, 6.45) is 1.55. The molecule has 0 saturated heterocycles. The fraction of sp³-hybridized carbons (Fsp3) is 0.269. The van der Waals surface area contributed by atoms with Gasteiger partial charge < -0.3 is 5.32 Å². The van der Waals surface area contributed by atoms with E-state index in [0.29, 0.717) is 0 Å². The maximum Gasteiger partial charge on any atom is 0.243 e. The molecule has 0 aliphatic rings. The molecule has 0 aromatic heterocycles. The topological polar surface area (TPSA) is 66.5 Å². The van der Waals surface area contributed by atoms with Gasteiger partial charge in [-0.15, -0.1) is 0 Å². The molecule has 0 saturated carbocycles. The summed E-state index contributed by atoms with van der Waals surface area (Å²) in [6.45, 7) is 5.82. The van der Waals surface area contributed by atoms with Crippen LogP contribution in [0.4, 0.5) is 5.69 Å². The van der Waals surface area contributed by atoms with Gasteiger partial charge in [0.2, 0.25) is 15.9 Å². The molecule has 168 valence electrons. The maximum atomic E-state index is 13.4. The van der Waals surface area contributed by atoms with Crippen LogP contribution >= 0.6 is 0 Å². The standard InChI is InChI=1S/C26H30N2O3S/c1-4-22-12-9-13-23(5-2)26(22)27-25(29)19-28(18-21-10-7-6-8-11-21)32(30,31)24-16-14-20(3)15-17-24/h6-17H,4-5,18-19H2,1-3H3,(H,27,29). The third kappa shape index (κ3) is 5.64. The summed E-state index contributed by atoms with van der Waals surface area (Å²) in [4.78, 5) is 13.2. The lowest BCUT2D eigenvalue weighted by Crippen LogP contribution is -2.37. The monoisotopic (exact) mass is 450 g/mol. The van der Waals surface area contributed by atoms with Gasteiger partial charge in [0.05, 0.1) is 11.4 Å². The Morgan fingerprint density at radius 3 is 2.00 bits per heavy atom. The molecule has 32 heavy (non-hydrogen) atoms. The van der Waals surface area contributed by atoms with Crippen LogP contribution in [0.1, 0.15) is 36.1 Å². The maximum absolute atomic E-state index is 13.4. The number of nitrogens with one attached hydrogen (secondary N) is 1. The third-order valence-electron chi connectivity index (χ3n) is 5.44. The van der Waals surface area contributed by atoms with E-state index >= 15 is 0 Å². The third-order valence-corrected chi connectivity index (χ3v) is 7.25. The number of anilines is 1. The van der Waals surface area contributed by atoms with Crippen LogP contribution in [0.5, 0.6) is 0 Å². The van der Waals surface area contributed by atoms with Crippen molar-refractivity contribution in [3.05, 3.63) is 95.1 Å². The molecule has 0 heterocycles. The lowest BCUT2D eigenvalue weighted by atomic mass is 10.0. The van der Waals surface area contributed by atoms with E-state index in [4.69, 9.17) is 0 Å². The Hall–Kier alpha value is -2.96. The molecule has 1 amide bonds. The number of hydrogen-bond acceptors (Lipinski definition) is 3. The first-order valence-electron chi connectivity index (χ1n) is 10.9. The lowest BCUT2D eigenvalue weighted by molar-refractivity contribution is -0.116. The zero-order valence-corrected chi connectivity index (χ0v) is 19.7. The molecule has 3 aromatic rings. The van der Waals surface area contributed by atoms with Gasteiger partial charge in [0.25, 0.3) is 0 Å². The highest BCUT2D eigenvalue weighted by molar-refractivity contribution is 7.89. The SMILES string of the molecule is CCc1cccc(CC)c1NC(=O)CN(Cc1ccccc1)S(=O)(=O)c1ccc(C)cc1. The van der Waals surface area contributed by atoms with Crippen LogP contribution in [-0.2, 0) is 34.2 Å². The molecule has 0 unspecified atom stereocenters. The second-order valence-corrected chi connectivity index (χ2v) is 9.72. The number of sulfonamides is 1. The summed E-state index contributed by atoms with van der Waals surface area (Å²) in [7, 11) is -3.86. The molecule has 3 aromatic carbocycles. The van der Waals surface area contributed by atoms with Crippen molar-refractivity contribution in [2.45, 2.75) is 45.1 Å². The van der Waals surface area contributed by atoms with Gasteiger partial charge in [0, 0.05) is 12.2 Å². The Morgan fingerprint density at radius 1 is 0.844 bits per heavy atom. The number of carbonyl (C=O) groups excluding carboxylic acids is 1. The zero-order valence-electron chi connectivity index (χ0n) is 18.8. The van der Waals surface area contributed by atoms with E-state index in [1.807, 2.05) is 69.3 Å². The Labute approximate surface area is 191 Å². The Balaban J connectivity index is 1.91. The predicted octanol–water partition coefficient (Wildman–Crippen LogP) is 4.95. The number of para-hydroxylation sites is 1. The summed E-state index contributed by atoms with van der Waals surface area (Å²) in [5.41, 5.74) is 4.65. The highest BCUT2D eigenvalue weighted by Gasteiger charge is 2.27. The van der Waals surface area contributed by atoms with Crippen molar-refractivity contribution in [2.24, 2.45) is 0 Å². The highest BCUT2D eigenvalue weighted by Crippen LogP contribution is 2.24. The minimum absolute atomic E-state index is 0.112. The average Bonchev–Trinajstić information content (AvgIpc) is 2.79. The van der Waals surface area contributed by atoms with E-state index in [9.17, 15) is 13.2 Å². The molecular weight excluding hydrogens is 420 g/mol. The van der Waals surface area contributed by atoms with Crippen molar-refractivity contribution >= 4 is 21.6 Å². The van der Waals surface area contributed by atoms with Crippen molar-refractivity contribution in [2.75, 3.05) is 11.9 Å². The highest BCUT2D eigenvalue weighted by atomic mass is 32.2. The Kier molecular flexibility index (Phi) is 7.83. The van der Waals surface area contributed by atoms with Gasteiger partial charge in [-0.05, 0) is 48.6 Å². The fourth-order valence-electron chi connectivity index (χ4n) is 3.61. The van der Waals surface area contributed by atoms with Gasteiger partial charge in [-0.2, -0.15) is 4.31 Å². The quantitative estimate of drug-likeness (QED) is 0.502. The van der Waals surface area contributed by atoms with Gasteiger partial charge in [-0.1, -0.05) is 80.1 Å². The fourth-order valence-corrected chi connectivity index (χ4v) is 5.00. The molecule has 0 atom stereocenters. The van der Waals surface area contributed by atoms with E-state index in [2.05, 4.69) is 5.32 Å². The second kappa shape index (κ2) is 10.6. The first kappa shape index (κ1) is 23.7. The molecule has 1 N–H and O–H groups in total. The summed E-state index contributed by atoms with van der Waals surface area (Å²) in [5.74, 6) is -0.354.